The van der Waals surface area contributed by atoms with Crippen molar-refractivity contribution in [2.75, 3.05) is 5.73 Å². The summed E-state index contributed by atoms with van der Waals surface area (Å²) < 4.78 is 1.27. The molecule has 0 saturated heterocycles. The smallest absolute Gasteiger partial charge is 0.154 e. The van der Waals surface area contributed by atoms with E-state index < -0.39 is 0 Å². The molecule has 5 heteroatoms. The average Bonchev–Trinajstić information content (AvgIpc) is 3.16. The molecular formula is C15H11N3S2. The van der Waals surface area contributed by atoms with Crippen molar-refractivity contribution >= 4 is 38.6 Å². The lowest BCUT2D eigenvalue weighted by Crippen LogP contribution is -1.86. The van der Waals surface area contributed by atoms with E-state index in [-0.39, 0.29) is 0 Å². The Hall–Kier alpha value is -2.11. The van der Waals surface area contributed by atoms with Crippen LogP contribution in [-0.4, -0.2) is 10.2 Å². The number of nitrogens with one attached hydrogen (secondary N) is 1. The number of thiophene rings is 2. The number of rotatable bonds is 2. The SMILES string of the molecule is Nc1n[nH]c(-c2csc3ccccc23)c1-c1cccs1. The normalized spacial score (nSPS) is 11.2. The second-order valence-electron chi connectivity index (χ2n) is 4.48. The number of fused-ring (bicyclic) bond motifs is 1. The van der Waals surface area contributed by atoms with Gasteiger partial charge in [0.05, 0.1) is 11.3 Å². The molecule has 0 aliphatic heterocycles. The molecule has 3 N–H and O–H groups in total. The monoisotopic (exact) mass is 297 g/mol. The number of aromatic nitrogens is 2. The summed E-state index contributed by atoms with van der Waals surface area (Å²) in [5.74, 6) is 0.553. The summed E-state index contributed by atoms with van der Waals surface area (Å²) in [5, 5.41) is 12.7. The van der Waals surface area contributed by atoms with E-state index in [9.17, 15) is 0 Å². The Labute approximate surface area is 123 Å². The lowest BCUT2D eigenvalue weighted by atomic mass is 10.1. The Balaban J connectivity index is 2.00. The van der Waals surface area contributed by atoms with Gasteiger partial charge in [-0.1, -0.05) is 24.3 Å². The van der Waals surface area contributed by atoms with Gasteiger partial charge in [-0.2, -0.15) is 5.10 Å². The van der Waals surface area contributed by atoms with Gasteiger partial charge in [-0.25, -0.2) is 0 Å². The third-order valence-electron chi connectivity index (χ3n) is 3.31. The number of nitrogen functional groups attached to an aromatic ring is 1. The van der Waals surface area contributed by atoms with Crippen LogP contribution in [0.1, 0.15) is 0 Å². The Morgan fingerprint density at radius 1 is 1.05 bits per heavy atom. The second kappa shape index (κ2) is 4.47. The van der Waals surface area contributed by atoms with Crippen LogP contribution in [0.5, 0.6) is 0 Å². The summed E-state index contributed by atoms with van der Waals surface area (Å²) in [6, 6.07) is 12.5. The predicted octanol–water partition coefficient (Wildman–Crippen LogP) is 4.60. The topological polar surface area (TPSA) is 54.7 Å². The van der Waals surface area contributed by atoms with Crippen molar-refractivity contribution < 1.29 is 0 Å². The number of aromatic amines is 1. The Bertz CT molecular complexity index is 872. The quantitative estimate of drug-likeness (QED) is 0.568. The number of nitrogens with zero attached hydrogens (tertiary/aromatic N) is 1. The summed E-state index contributed by atoms with van der Waals surface area (Å²) in [6.45, 7) is 0. The van der Waals surface area contributed by atoms with Gasteiger partial charge in [-0.05, 0) is 17.5 Å². The van der Waals surface area contributed by atoms with Gasteiger partial charge in [-0.15, -0.1) is 22.7 Å². The lowest BCUT2D eigenvalue weighted by molar-refractivity contribution is 1.10. The molecule has 0 amide bonds. The third kappa shape index (κ3) is 1.67. The first-order valence-corrected chi connectivity index (χ1v) is 7.95. The Morgan fingerprint density at radius 3 is 2.80 bits per heavy atom. The van der Waals surface area contributed by atoms with Crippen LogP contribution in [0, 0.1) is 0 Å². The van der Waals surface area contributed by atoms with Gasteiger partial charge >= 0.3 is 0 Å². The van der Waals surface area contributed by atoms with Crippen molar-refractivity contribution in [3.05, 3.63) is 47.2 Å². The number of hydrogen-bond donors (Lipinski definition) is 2. The van der Waals surface area contributed by atoms with Crippen molar-refractivity contribution in [2.45, 2.75) is 0 Å². The molecule has 0 aliphatic carbocycles. The molecule has 4 aromatic rings. The molecule has 0 saturated carbocycles. The number of H-pyrrole nitrogens is 1. The van der Waals surface area contributed by atoms with Crippen LogP contribution in [0.15, 0.2) is 47.2 Å². The van der Waals surface area contributed by atoms with Gasteiger partial charge < -0.3 is 5.73 Å². The van der Waals surface area contributed by atoms with E-state index in [2.05, 4.69) is 51.3 Å². The lowest BCUT2D eigenvalue weighted by Gasteiger charge is -2.01. The molecule has 0 spiro atoms. The number of benzene rings is 1. The van der Waals surface area contributed by atoms with E-state index >= 15 is 0 Å². The molecule has 98 valence electrons. The standard InChI is InChI=1S/C15H11N3S2/c16-15-13(12-6-3-7-19-12)14(17-18-15)10-8-20-11-5-2-1-4-9(10)11/h1-8H,(H3,16,17,18). The maximum Gasteiger partial charge on any atom is 0.154 e. The van der Waals surface area contributed by atoms with E-state index in [0.717, 1.165) is 16.1 Å². The van der Waals surface area contributed by atoms with Gasteiger partial charge in [-0.3, -0.25) is 5.10 Å². The fourth-order valence-electron chi connectivity index (χ4n) is 2.39. The van der Waals surface area contributed by atoms with Crippen molar-refractivity contribution in [3.63, 3.8) is 0 Å². The van der Waals surface area contributed by atoms with Gasteiger partial charge in [0.25, 0.3) is 0 Å². The van der Waals surface area contributed by atoms with Gasteiger partial charge in [0.15, 0.2) is 5.82 Å². The van der Waals surface area contributed by atoms with E-state index in [4.69, 9.17) is 5.73 Å². The van der Waals surface area contributed by atoms with Crippen LogP contribution in [0.2, 0.25) is 0 Å². The molecule has 3 aromatic heterocycles. The zero-order valence-electron chi connectivity index (χ0n) is 10.5. The van der Waals surface area contributed by atoms with Crippen molar-refractivity contribution in [1.82, 2.24) is 10.2 Å². The molecule has 1 aromatic carbocycles. The number of hydrogen-bond acceptors (Lipinski definition) is 4. The van der Waals surface area contributed by atoms with Crippen molar-refractivity contribution in [2.24, 2.45) is 0 Å². The fourth-order valence-corrected chi connectivity index (χ4v) is 4.13. The van der Waals surface area contributed by atoms with Crippen LogP contribution >= 0.6 is 22.7 Å². The van der Waals surface area contributed by atoms with Crippen molar-refractivity contribution in [1.29, 1.82) is 0 Å². The van der Waals surface area contributed by atoms with E-state index in [1.165, 1.54) is 15.6 Å². The summed E-state index contributed by atoms with van der Waals surface area (Å²) >= 11 is 3.41. The molecule has 0 radical (unpaired) electrons. The minimum absolute atomic E-state index is 0.553. The third-order valence-corrected chi connectivity index (χ3v) is 5.16. The maximum absolute atomic E-state index is 6.05. The molecule has 0 aliphatic rings. The summed E-state index contributed by atoms with van der Waals surface area (Å²) in [7, 11) is 0. The molecule has 3 heterocycles. The molecular weight excluding hydrogens is 286 g/mol. The molecule has 0 unspecified atom stereocenters. The van der Waals surface area contributed by atoms with Gasteiger partial charge in [0.1, 0.15) is 0 Å². The van der Waals surface area contributed by atoms with Gasteiger partial charge in [0, 0.05) is 25.9 Å². The highest BCUT2D eigenvalue weighted by molar-refractivity contribution is 7.17. The average molecular weight is 297 g/mol. The van der Waals surface area contributed by atoms with E-state index in [1.807, 2.05) is 6.07 Å². The first-order chi connectivity index (χ1) is 9.84. The Morgan fingerprint density at radius 2 is 1.95 bits per heavy atom. The largest absolute Gasteiger partial charge is 0.382 e. The molecule has 3 nitrogen and oxygen atoms in total. The molecule has 0 atom stereocenters. The van der Waals surface area contributed by atoms with Crippen molar-refractivity contribution in [3.8, 4) is 21.7 Å². The highest BCUT2D eigenvalue weighted by atomic mass is 32.1. The van der Waals surface area contributed by atoms with Crippen LogP contribution in [0.3, 0.4) is 0 Å². The van der Waals surface area contributed by atoms with E-state index in [0.29, 0.717) is 5.82 Å². The molecule has 4 rings (SSSR count). The second-order valence-corrected chi connectivity index (χ2v) is 6.34. The molecule has 0 bridgehead atoms. The summed E-state index contributed by atoms with van der Waals surface area (Å²) in [4.78, 5) is 1.14. The highest BCUT2D eigenvalue weighted by Crippen LogP contribution is 2.41. The minimum atomic E-state index is 0.553. The Kier molecular flexibility index (Phi) is 2.61. The zero-order chi connectivity index (χ0) is 13.5. The summed E-state index contributed by atoms with van der Waals surface area (Å²) in [5.41, 5.74) is 9.22. The summed E-state index contributed by atoms with van der Waals surface area (Å²) in [6.07, 6.45) is 0. The van der Waals surface area contributed by atoms with Crippen LogP contribution in [0.4, 0.5) is 5.82 Å². The van der Waals surface area contributed by atoms with Crippen LogP contribution in [0.25, 0.3) is 31.8 Å². The van der Waals surface area contributed by atoms with E-state index in [1.54, 1.807) is 22.7 Å². The molecule has 20 heavy (non-hydrogen) atoms. The minimum Gasteiger partial charge on any atom is -0.382 e. The first-order valence-electron chi connectivity index (χ1n) is 6.19. The maximum atomic E-state index is 6.05. The number of anilines is 1. The molecule has 0 fully saturated rings. The van der Waals surface area contributed by atoms with Crippen LogP contribution in [-0.2, 0) is 0 Å². The number of nitrogens with two attached hydrogens (primary N) is 1. The zero-order valence-corrected chi connectivity index (χ0v) is 12.1. The van der Waals surface area contributed by atoms with Gasteiger partial charge in [0.2, 0.25) is 0 Å². The predicted molar refractivity (Wildman–Crippen MR) is 87.1 cm³/mol. The van der Waals surface area contributed by atoms with Crippen LogP contribution < -0.4 is 5.73 Å². The fraction of sp³-hybridized carbons (Fsp3) is 0. The first kappa shape index (κ1) is 11.7. The highest BCUT2D eigenvalue weighted by Gasteiger charge is 2.18.